The molecule has 22 heavy (non-hydrogen) atoms. The van der Waals surface area contributed by atoms with Gasteiger partial charge in [0.05, 0.1) is 6.20 Å². The van der Waals surface area contributed by atoms with Crippen molar-refractivity contribution in [3.05, 3.63) is 35.2 Å². The van der Waals surface area contributed by atoms with Gasteiger partial charge in [0.2, 0.25) is 0 Å². The predicted octanol–water partition coefficient (Wildman–Crippen LogP) is 3.02. The highest BCUT2D eigenvalue weighted by Crippen LogP contribution is 2.36. The van der Waals surface area contributed by atoms with Gasteiger partial charge in [-0.15, -0.1) is 0 Å². The monoisotopic (exact) mass is 332 g/mol. The van der Waals surface area contributed by atoms with Gasteiger partial charge in [0.25, 0.3) is 0 Å². The van der Waals surface area contributed by atoms with Crippen molar-refractivity contribution in [2.45, 2.75) is 6.18 Å². The van der Waals surface area contributed by atoms with Crippen molar-refractivity contribution in [3.63, 3.8) is 0 Å². The van der Waals surface area contributed by atoms with Crippen LogP contribution in [0.15, 0.2) is 24.5 Å². The lowest BCUT2D eigenvalue weighted by atomic mass is 10.3. The van der Waals surface area contributed by atoms with E-state index in [4.69, 9.17) is 0 Å². The molecule has 1 aliphatic rings. The first-order chi connectivity index (χ1) is 10.4. The Bertz CT molecular complexity index is 649. The molecule has 0 N–H and O–H groups in total. The minimum Gasteiger partial charge on any atom is -0.351 e. The number of nitrogens with zero attached hydrogens (tertiary/aromatic N) is 4. The highest BCUT2D eigenvalue weighted by atomic mass is 32.1. The third-order valence-corrected chi connectivity index (χ3v) is 4.46. The Balaban J connectivity index is 1.67. The van der Waals surface area contributed by atoms with Crippen LogP contribution in [0, 0.1) is 5.82 Å². The van der Waals surface area contributed by atoms with Crippen LogP contribution in [0.1, 0.15) is 4.88 Å². The molecule has 1 aliphatic heterocycles. The summed E-state index contributed by atoms with van der Waals surface area (Å²) >= 11 is 0.628. The largest absolute Gasteiger partial charge is 0.427 e. The molecule has 0 atom stereocenters. The van der Waals surface area contributed by atoms with Gasteiger partial charge >= 0.3 is 6.18 Å². The quantitative estimate of drug-likeness (QED) is 0.792. The molecule has 3 rings (SSSR count). The van der Waals surface area contributed by atoms with E-state index in [1.165, 1.54) is 18.3 Å². The average molecular weight is 332 g/mol. The molecular formula is C13H12F4N4S. The molecule has 0 aliphatic carbocycles. The molecule has 0 radical (unpaired) electrons. The number of anilines is 2. The van der Waals surface area contributed by atoms with Crippen molar-refractivity contribution in [1.29, 1.82) is 0 Å². The summed E-state index contributed by atoms with van der Waals surface area (Å²) in [7, 11) is 0. The van der Waals surface area contributed by atoms with Gasteiger partial charge < -0.3 is 9.80 Å². The summed E-state index contributed by atoms with van der Waals surface area (Å²) in [6, 6.07) is 2.86. The number of pyridine rings is 1. The van der Waals surface area contributed by atoms with Crippen LogP contribution in [-0.2, 0) is 6.18 Å². The normalized spacial score (nSPS) is 16.2. The van der Waals surface area contributed by atoms with E-state index >= 15 is 0 Å². The summed E-state index contributed by atoms with van der Waals surface area (Å²) < 4.78 is 51.4. The van der Waals surface area contributed by atoms with E-state index in [1.54, 1.807) is 9.80 Å². The Morgan fingerprint density at radius 3 is 2.32 bits per heavy atom. The van der Waals surface area contributed by atoms with Gasteiger partial charge in [0.15, 0.2) is 16.8 Å². The number of aromatic nitrogens is 2. The number of halogens is 4. The number of piperazine rings is 1. The Morgan fingerprint density at radius 1 is 1.05 bits per heavy atom. The van der Waals surface area contributed by atoms with Gasteiger partial charge in [0, 0.05) is 32.4 Å². The summed E-state index contributed by atoms with van der Waals surface area (Å²) in [5, 5.41) is 0.341. The molecule has 0 spiro atoms. The molecule has 4 nitrogen and oxygen atoms in total. The van der Waals surface area contributed by atoms with Crippen molar-refractivity contribution in [3.8, 4) is 0 Å². The van der Waals surface area contributed by atoms with E-state index in [9.17, 15) is 17.6 Å². The molecular weight excluding hydrogens is 320 g/mol. The summed E-state index contributed by atoms with van der Waals surface area (Å²) in [5.41, 5.74) is 0. The van der Waals surface area contributed by atoms with E-state index < -0.39 is 16.9 Å². The highest BCUT2D eigenvalue weighted by Gasteiger charge is 2.34. The number of hydrogen-bond donors (Lipinski definition) is 0. The van der Waals surface area contributed by atoms with Crippen LogP contribution >= 0.6 is 11.3 Å². The zero-order chi connectivity index (χ0) is 15.7. The average Bonchev–Trinajstić information content (AvgIpc) is 2.98. The molecule has 118 valence electrons. The van der Waals surface area contributed by atoms with Crippen LogP contribution in [0.25, 0.3) is 0 Å². The first-order valence-electron chi connectivity index (χ1n) is 6.58. The van der Waals surface area contributed by atoms with E-state index in [0.29, 0.717) is 42.6 Å². The van der Waals surface area contributed by atoms with Crippen LogP contribution in [0.4, 0.5) is 28.5 Å². The van der Waals surface area contributed by atoms with Gasteiger partial charge in [-0.05, 0) is 12.1 Å². The van der Waals surface area contributed by atoms with Gasteiger partial charge in [-0.25, -0.2) is 14.4 Å². The lowest BCUT2D eigenvalue weighted by Gasteiger charge is -2.35. The molecule has 1 saturated heterocycles. The molecule has 1 fully saturated rings. The van der Waals surface area contributed by atoms with Gasteiger partial charge in [-0.2, -0.15) is 13.2 Å². The number of rotatable bonds is 2. The number of alkyl halides is 3. The molecule has 0 amide bonds. The van der Waals surface area contributed by atoms with Crippen molar-refractivity contribution in [1.82, 2.24) is 9.97 Å². The lowest BCUT2D eigenvalue weighted by Crippen LogP contribution is -2.47. The van der Waals surface area contributed by atoms with E-state index in [1.807, 2.05) is 0 Å². The molecule has 3 heterocycles. The lowest BCUT2D eigenvalue weighted by molar-refractivity contribution is -0.134. The minimum atomic E-state index is -4.37. The standard InChI is InChI=1S/C13H12F4N4S/c14-9-2-1-3-18-11(9)20-4-6-21(7-5-20)12-19-8-10(22-12)13(15,16)17/h1-3,8H,4-7H2. The smallest absolute Gasteiger partial charge is 0.351 e. The number of thiazole rings is 1. The fourth-order valence-corrected chi connectivity index (χ4v) is 3.10. The fraction of sp³-hybridized carbons (Fsp3) is 0.385. The second-order valence-corrected chi connectivity index (χ2v) is 5.80. The maximum Gasteiger partial charge on any atom is 0.427 e. The third-order valence-electron chi connectivity index (χ3n) is 3.36. The zero-order valence-corrected chi connectivity index (χ0v) is 12.2. The SMILES string of the molecule is Fc1cccnc1N1CCN(c2ncc(C(F)(F)F)s2)CC1. The fourth-order valence-electron chi connectivity index (χ4n) is 2.26. The molecule has 2 aromatic heterocycles. The molecule has 0 unspecified atom stereocenters. The van der Waals surface area contributed by atoms with Gasteiger partial charge in [0.1, 0.15) is 4.88 Å². The predicted molar refractivity (Wildman–Crippen MR) is 75.7 cm³/mol. The topological polar surface area (TPSA) is 32.3 Å². The Kier molecular flexibility index (Phi) is 3.90. The first-order valence-corrected chi connectivity index (χ1v) is 7.40. The third kappa shape index (κ3) is 2.99. The van der Waals surface area contributed by atoms with Crippen molar-refractivity contribution in [2.24, 2.45) is 0 Å². The van der Waals surface area contributed by atoms with E-state index in [0.717, 1.165) is 6.20 Å². The summed E-state index contributed by atoms with van der Waals surface area (Å²) in [6.07, 6.45) is -2.00. The van der Waals surface area contributed by atoms with Crippen molar-refractivity contribution in [2.75, 3.05) is 36.0 Å². The van der Waals surface area contributed by atoms with Crippen LogP contribution in [0.5, 0.6) is 0 Å². The second kappa shape index (κ2) is 5.71. The maximum absolute atomic E-state index is 13.7. The van der Waals surface area contributed by atoms with Crippen LogP contribution in [0.2, 0.25) is 0 Å². The number of hydrogen-bond acceptors (Lipinski definition) is 5. The molecule has 0 aromatic carbocycles. The summed E-state index contributed by atoms with van der Waals surface area (Å²) in [5.74, 6) is -0.123. The van der Waals surface area contributed by atoms with E-state index in [2.05, 4.69) is 9.97 Å². The van der Waals surface area contributed by atoms with Crippen molar-refractivity contribution >= 4 is 22.3 Å². The van der Waals surface area contributed by atoms with Gasteiger partial charge in [-0.1, -0.05) is 11.3 Å². The zero-order valence-electron chi connectivity index (χ0n) is 11.3. The Morgan fingerprint density at radius 2 is 1.73 bits per heavy atom. The van der Waals surface area contributed by atoms with Crippen molar-refractivity contribution < 1.29 is 17.6 Å². The summed E-state index contributed by atoms with van der Waals surface area (Å²) in [4.78, 5) is 10.7. The summed E-state index contributed by atoms with van der Waals surface area (Å²) in [6.45, 7) is 1.91. The van der Waals surface area contributed by atoms with Crippen LogP contribution in [0.3, 0.4) is 0 Å². The van der Waals surface area contributed by atoms with E-state index in [-0.39, 0.29) is 5.82 Å². The maximum atomic E-state index is 13.7. The molecule has 0 saturated carbocycles. The van der Waals surface area contributed by atoms with Crippen LogP contribution in [-0.4, -0.2) is 36.1 Å². The molecule has 2 aromatic rings. The molecule has 0 bridgehead atoms. The minimum absolute atomic E-state index is 0.275. The highest BCUT2D eigenvalue weighted by molar-refractivity contribution is 7.15. The second-order valence-electron chi connectivity index (χ2n) is 4.79. The van der Waals surface area contributed by atoms with Crippen LogP contribution < -0.4 is 9.80 Å². The van der Waals surface area contributed by atoms with Gasteiger partial charge in [-0.3, -0.25) is 0 Å². The molecule has 9 heteroatoms. The first kappa shape index (κ1) is 15.0. The Hall–Kier alpha value is -1.90. The Labute approximate surface area is 128 Å².